The van der Waals surface area contributed by atoms with E-state index in [0.717, 1.165) is 17.3 Å². The fraction of sp³-hybridized carbons (Fsp3) is 0.600. The van der Waals surface area contributed by atoms with E-state index < -0.39 is 44.9 Å². The molecule has 2 heterocycles. The highest BCUT2D eigenvalue weighted by atomic mass is 31.2. The summed E-state index contributed by atoms with van der Waals surface area (Å²) in [5.74, 6) is 0.593. The van der Waals surface area contributed by atoms with Crippen molar-refractivity contribution in [1.82, 2.24) is 9.55 Å². The van der Waals surface area contributed by atoms with Crippen molar-refractivity contribution < 1.29 is 33.1 Å². The van der Waals surface area contributed by atoms with Gasteiger partial charge in [0.25, 0.3) is 5.56 Å². The van der Waals surface area contributed by atoms with Gasteiger partial charge in [0.15, 0.2) is 0 Å². The van der Waals surface area contributed by atoms with Crippen molar-refractivity contribution in [1.29, 1.82) is 0 Å². The molecule has 1 aliphatic heterocycles. The molecule has 1 aromatic heterocycles. The molecule has 0 bridgehead atoms. The molecule has 4 unspecified atom stereocenters. The largest absolute Gasteiger partial charge is 0.348 e. The van der Waals surface area contributed by atoms with Crippen LogP contribution < -0.4 is 11.2 Å². The second-order valence-corrected chi connectivity index (χ2v) is 9.65. The Hall–Kier alpha value is -1.32. The molecule has 1 aliphatic rings. The molecule has 2 rings (SSSR count). The normalized spacial score (nSPS) is 24.6. The Morgan fingerprint density at radius 2 is 1.89 bits per heavy atom. The summed E-state index contributed by atoms with van der Waals surface area (Å²) < 4.78 is 34.1. The van der Waals surface area contributed by atoms with E-state index in [4.69, 9.17) is 19.0 Å². The SMILES string of the molecule is CCC.Cc1cn(C2CC(OP(C)(=O)O)C(/C=C/P(=O)(O)O)O2)c(=O)[nH]c1=O. The van der Waals surface area contributed by atoms with Gasteiger partial charge >= 0.3 is 20.9 Å². The highest BCUT2D eigenvalue weighted by Gasteiger charge is 2.39. The Kier molecular flexibility index (Phi) is 8.77. The molecule has 0 saturated carbocycles. The number of aryl methyl sites for hydroxylation is 1. The molecule has 11 nitrogen and oxygen atoms in total. The lowest BCUT2D eigenvalue weighted by molar-refractivity contribution is 0.00691. The number of rotatable bonds is 5. The topological polar surface area (TPSA) is 168 Å². The Morgan fingerprint density at radius 3 is 2.39 bits per heavy atom. The minimum absolute atomic E-state index is 0.0417. The van der Waals surface area contributed by atoms with Gasteiger partial charge in [0.2, 0.25) is 0 Å². The first-order valence-electron chi connectivity index (χ1n) is 8.48. The number of aromatic amines is 1. The summed E-state index contributed by atoms with van der Waals surface area (Å²) in [4.78, 5) is 52.7. The first kappa shape index (κ1) is 24.7. The predicted molar refractivity (Wildman–Crippen MR) is 102 cm³/mol. The summed E-state index contributed by atoms with van der Waals surface area (Å²) in [7, 11) is -8.39. The predicted octanol–water partition coefficient (Wildman–Crippen LogP) is 1.44. The van der Waals surface area contributed by atoms with E-state index >= 15 is 0 Å². The van der Waals surface area contributed by atoms with Crippen molar-refractivity contribution in [2.75, 3.05) is 6.66 Å². The van der Waals surface area contributed by atoms with E-state index in [1.54, 1.807) is 0 Å². The van der Waals surface area contributed by atoms with E-state index in [2.05, 4.69) is 18.8 Å². The quantitative estimate of drug-likeness (QED) is 0.495. The molecular weight excluding hydrogens is 414 g/mol. The van der Waals surface area contributed by atoms with Crippen molar-refractivity contribution in [3.05, 3.63) is 44.5 Å². The third-order valence-electron chi connectivity index (χ3n) is 3.37. The van der Waals surface area contributed by atoms with Crippen LogP contribution in [0.3, 0.4) is 0 Å². The first-order chi connectivity index (χ1) is 12.8. The van der Waals surface area contributed by atoms with Gasteiger partial charge in [0.1, 0.15) is 18.4 Å². The van der Waals surface area contributed by atoms with Crippen molar-refractivity contribution in [2.45, 2.75) is 52.0 Å². The van der Waals surface area contributed by atoms with Gasteiger partial charge in [-0.1, -0.05) is 20.3 Å². The highest BCUT2D eigenvalue weighted by molar-refractivity contribution is 7.55. The van der Waals surface area contributed by atoms with E-state index in [1.165, 1.54) is 19.5 Å². The van der Waals surface area contributed by atoms with Crippen LogP contribution in [0.15, 0.2) is 27.7 Å². The molecule has 1 fully saturated rings. The van der Waals surface area contributed by atoms with Gasteiger partial charge in [-0.2, -0.15) is 0 Å². The highest BCUT2D eigenvalue weighted by Crippen LogP contribution is 2.45. The molecular formula is C15H26N2O9P2. The van der Waals surface area contributed by atoms with Crippen LogP contribution in [0.25, 0.3) is 0 Å². The molecule has 28 heavy (non-hydrogen) atoms. The Balaban J connectivity index is 0.00000122. The van der Waals surface area contributed by atoms with E-state index in [1.807, 2.05) is 0 Å². The maximum Gasteiger partial charge on any atom is 0.348 e. The summed E-state index contributed by atoms with van der Waals surface area (Å²) in [5.41, 5.74) is -1.06. The summed E-state index contributed by atoms with van der Waals surface area (Å²) in [6.45, 7) is 6.69. The van der Waals surface area contributed by atoms with Crippen LogP contribution in [0.5, 0.6) is 0 Å². The zero-order chi connectivity index (χ0) is 21.7. The molecule has 0 aliphatic carbocycles. The molecule has 0 radical (unpaired) electrons. The van der Waals surface area contributed by atoms with Gasteiger partial charge in [-0.15, -0.1) is 0 Å². The first-order valence-corrected chi connectivity index (χ1v) is 12.2. The van der Waals surface area contributed by atoms with E-state index in [9.17, 15) is 23.6 Å². The molecule has 0 aromatic carbocycles. The second kappa shape index (κ2) is 9.93. The van der Waals surface area contributed by atoms with E-state index in [-0.39, 0.29) is 12.0 Å². The maximum absolute atomic E-state index is 11.9. The van der Waals surface area contributed by atoms with Crippen LogP contribution in [0.4, 0.5) is 0 Å². The maximum atomic E-state index is 11.9. The molecule has 160 valence electrons. The van der Waals surface area contributed by atoms with Crippen LogP contribution in [0.2, 0.25) is 0 Å². The van der Waals surface area contributed by atoms with Gasteiger partial charge in [-0.25, -0.2) is 4.79 Å². The summed E-state index contributed by atoms with van der Waals surface area (Å²) >= 11 is 0. The second-order valence-electron chi connectivity index (χ2n) is 6.35. The van der Waals surface area contributed by atoms with Gasteiger partial charge in [0, 0.05) is 30.7 Å². The standard InChI is InChI=1S/C12H18N2O9P2.C3H8/c1-7-6-14(12(16)13-11(7)15)10-5-9(23-24(2,17)18)8(22-10)3-4-25(19,20)21;1-3-2/h3-4,6,8-10H,5H2,1-2H3,(H,17,18)(H,13,15,16)(H2,19,20,21);3H2,1-2H3/b4-3+;. The smallest absolute Gasteiger partial charge is 0.348 e. The van der Waals surface area contributed by atoms with Gasteiger partial charge in [-0.05, 0) is 13.0 Å². The molecule has 13 heteroatoms. The number of hydrogen-bond donors (Lipinski definition) is 4. The van der Waals surface area contributed by atoms with Crippen LogP contribution >= 0.6 is 15.2 Å². The van der Waals surface area contributed by atoms with Gasteiger partial charge in [0.05, 0.1) is 0 Å². The Labute approximate surface area is 161 Å². The van der Waals surface area contributed by atoms with Crippen LogP contribution in [0, 0.1) is 6.92 Å². The number of aromatic nitrogens is 2. The number of H-pyrrole nitrogens is 1. The summed E-state index contributed by atoms with van der Waals surface area (Å²) in [6.07, 6.45) is 0.448. The van der Waals surface area contributed by atoms with Crippen molar-refractivity contribution in [3.63, 3.8) is 0 Å². The third-order valence-corrected chi connectivity index (χ3v) is 4.59. The monoisotopic (exact) mass is 440 g/mol. The zero-order valence-electron chi connectivity index (χ0n) is 16.0. The lowest BCUT2D eigenvalue weighted by atomic mass is 10.2. The van der Waals surface area contributed by atoms with Gasteiger partial charge in [-0.3, -0.25) is 23.5 Å². The van der Waals surface area contributed by atoms with Crippen LogP contribution in [-0.2, 0) is 18.4 Å². The molecule has 4 N–H and O–H groups in total. The number of nitrogens with one attached hydrogen (secondary N) is 1. The minimum Gasteiger partial charge on any atom is -0.348 e. The molecule has 1 saturated heterocycles. The molecule has 1 aromatic rings. The van der Waals surface area contributed by atoms with Crippen molar-refractivity contribution in [3.8, 4) is 0 Å². The lowest BCUT2D eigenvalue weighted by Gasteiger charge is -2.17. The van der Waals surface area contributed by atoms with Gasteiger partial charge < -0.3 is 23.9 Å². The third kappa shape index (κ3) is 7.97. The Morgan fingerprint density at radius 1 is 1.32 bits per heavy atom. The lowest BCUT2D eigenvalue weighted by Crippen LogP contribution is -2.33. The fourth-order valence-electron chi connectivity index (χ4n) is 2.36. The van der Waals surface area contributed by atoms with E-state index in [0.29, 0.717) is 5.82 Å². The minimum atomic E-state index is -4.48. The summed E-state index contributed by atoms with van der Waals surface area (Å²) in [6, 6.07) is 0. The number of hydrogen-bond acceptors (Lipinski definition) is 6. The zero-order valence-corrected chi connectivity index (χ0v) is 17.8. The van der Waals surface area contributed by atoms with Crippen LogP contribution in [0.1, 0.15) is 38.5 Å². The molecule has 0 amide bonds. The van der Waals surface area contributed by atoms with Crippen LogP contribution in [-0.4, -0.2) is 43.1 Å². The average Bonchev–Trinajstić information content (AvgIpc) is 2.89. The average molecular weight is 440 g/mol. The molecule has 0 spiro atoms. The number of nitrogens with zero attached hydrogens (tertiary/aromatic N) is 1. The number of ether oxygens (including phenoxy) is 1. The fourth-order valence-corrected chi connectivity index (χ4v) is 3.46. The summed E-state index contributed by atoms with van der Waals surface area (Å²) in [5, 5.41) is 0. The van der Waals surface area contributed by atoms with Crippen molar-refractivity contribution in [2.24, 2.45) is 0 Å². The van der Waals surface area contributed by atoms with Crippen molar-refractivity contribution >= 4 is 15.2 Å². The molecule has 4 atom stereocenters. The Bertz CT molecular complexity index is 896.